The summed E-state index contributed by atoms with van der Waals surface area (Å²) < 4.78 is 23.2. The number of ether oxygens (including phenoxy) is 4. The van der Waals surface area contributed by atoms with Gasteiger partial charge in [-0.15, -0.1) is 0 Å². The largest absolute Gasteiger partial charge is 0.496 e. The molecule has 0 bridgehead atoms. The van der Waals surface area contributed by atoms with E-state index < -0.39 is 0 Å². The van der Waals surface area contributed by atoms with E-state index in [1.54, 1.807) is 59.2 Å². The van der Waals surface area contributed by atoms with Crippen molar-refractivity contribution in [2.75, 3.05) is 78.3 Å². The van der Waals surface area contributed by atoms with Crippen LogP contribution in [0.25, 0.3) is 10.9 Å². The first-order valence-corrected chi connectivity index (χ1v) is 27.9. The number of rotatable bonds is 18. The molecule has 0 saturated heterocycles. The van der Waals surface area contributed by atoms with Crippen LogP contribution in [0.1, 0.15) is 68.4 Å². The molecule has 0 saturated carbocycles. The number of nitrogens with zero attached hydrogens (tertiary/aromatic N) is 4. The van der Waals surface area contributed by atoms with Gasteiger partial charge in [0.15, 0.2) is 11.5 Å². The number of anilines is 2. The topological polar surface area (TPSA) is 151 Å². The van der Waals surface area contributed by atoms with Gasteiger partial charge in [0.1, 0.15) is 11.5 Å². The minimum Gasteiger partial charge on any atom is -0.496 e. The number of hydrogen-bond donors (Lipinski definition) is 4. The van der Waals surface area contributed by atoms with E-state index in [9.17, 15) is 9.59 Å². The van der Waals surface area contributed by atoms with Crippen molar-refractivity contribution in [1.29, 1.82) is 0 Å². The normalized spacial score (nSPS) is 14.8. The Morgan fingerprint density at radius 2 is 1.00 bits per heavy atom. The summed E-state index contributed by atoms with van der Waals surface area (Å²) in [6.45, 7) is 4.01. The number of carbonyl (C=O) groups is 2. The Labute approximate surface area is 480 Å². The van der Waals surface area contributed by atoms with Crippen LogP contribution in [0.4, 0.5) is 21.0 Å². The maximum Gasteiger partial charge on any atom is 0.319 e. The molecule has 4 heterocycles. The Hall–Kier alpha value is -9.24. The number of benzene rings is 7. The number of aromatic nitrogens is 2. The quantitative estimate of drug-likeness (QED) is 0.0654. The molecule has 2 unspecified atom stereocenters. The molecule has 0 fully saturated rings. The van der Waals surface area contributed by atoms with E-state index in [0.29, 0.717) is 31.9 Å². The zero-order valence-electron chi connectivity index (χ0n) is 46.8. The van der Waals surface area contributed by atoms with Gasteiger partial charge in [-0.05, 0) is 94.8 Å². The molecular weight excluding hydrogens is 1020 g/mol. The zero-order chi connectivity index (χ0) is 56.6. The van der Waals surface area contributed by atoms with Crippen molar-refractivity contribution in [2.45, 2.75) is 36.8 Å². The Balaban J connectivity index is 0.000000185. The summed E-state index contributed by atoms with van der Waals surface area (Å²) in [6, 6.07) is 63.5. The first-order chi connectivity index (χ1) is 40.3. The summed E-state index contributed by atoms with van der Waals surface area (Å²) >= 11 is 0. The second-order valence-electron chi connectivity index (χ2n) is 20.2. The third-order valence-electron chi connectivity index (χ3n) is 15.5. The second kappa shape index (κ2) is 27.3. The highest BCUT2D eigenvalue weighted by atomic mass is 16.5. The average molecular weight is 1100 g/mol. The smallest absolute Gasteiger partial charge is 0.319 e. The standard InChI is InChI=1S/C36H36N4O3.C32H34N4O3/c1-42-31-17-18-32(43-2)34-28(31)20-23-40(35(34)33(25-11-5-3-6-12-25)26-13-7-4-8-14-26)24-22-38-36(41)39-30-19-21-37-29-16-10-9-15-27(29)30;1-38-28-21-25-15-19-36(20-18-34-32(37)35-26-13-16-33-17-14-26)31(27(25)22-29(28)39-2)30(23-9-5-3-6-10-23)24-11-7-4-8-12-24/h3-19,21,33,35H,20,22-24H2,1-2H3,(H2,37,38,39,41);3-14,16-17,21-22,30-31H,15,18-20H2,1-2H3,(H2,33,34,35,37). The van der Waals surface area contributed by atoms with Gasteiger partial charge < -0.3 is 40.2 Å². The minimum absolute atomic E-state index is 0.0273. The van der Waals surface area contributed by atoms with Crippen LogP contribution in [0.2, 0.25) is 0 Å². The molecule has 7 aromatic carbocycles. The van der Waals surface area contributed by atoms with E-state index in [4.69, 9.17) is 18.9 Å². The lowest BCUT2D eigenvalue weighted by Crippen LogP contribution is -2.44. The molecule has 11 rings (SSSR count). The van der Waals surface area contributed by atoms with Crippen molar-refractivity contribution >= 4 is 34.3 Å². The van der Waals surface area contributed by atoms with Gasteiger partial charge in [0.05, 0.1) is 39.6 Å². The van der Waals surface area contributed by atoms with Crippen molar-refractivity contribution in [3.05, 3.63) is 251 Å². The maximum atomic E-state index is 13.0. The summed E-state index contributed by atoms with van der Waals surface area (Å²) in [6.07, 6.45) is 6.72. The molecule has 2 aliphatic heterocycles. The monoisotopic (exact) mass is 1090 g/mol. The number of hydrogen-bond acceptors (Lipinski definition) is 10. The van der Waals surface area contributed by atoms with Crippen molar-refractivity contribution in [1.82, 2.24) is 30.4 Å². The number of pyridine rings is 2. The highest BCUT2D eigenvalue weighted by Crippen LogP contribution is 2.50. The molecule has 14 nitrogen and oxygen atoms in total. The lowest BCUT2D eigenvalue weighted by atomic mass is 9.77. The molecule has 4 amide bonds. The summed E-state index contributed by atoms with van der Waals surface area (Å²) in [5.41, 5.74) is 12.0. The van der Waals surface area contributed by atoms with Crippen LogP contribution in [0.15, 0.2) is 207 Å². The first kappa shape index (κ1) is 56.1. The number of amides is 4. The summed E-state index contributed by atoms with van der Waals surface area (Å²) in [5.74, 6) is 3.29. The summed E-state index contributed by atoms with van der Waals surface area (Å²) in [5, 5.41) is 12.9. The van der Waals surface area contributed by atoms with Crippen LogP contribution < -0.4 is 40.2 Å². The van der Waals surface area contributed by atoms with E-state index in [0.717, 1.165) is 71.1 Å². The SMILES string of the molecule is COc1cc2c(cc1OC)C(C(c1ccccc1)c1ccccc1)N(CCNC(=O)Nc1ccncc1)CC2.COc1ccc(OC)c2c1CCN(CCNC(=O)Nc1ccnc3ccccc13)C2C(c1ccccc1)c1ccccc1. The van der Waals surface area contributed by atoms with Crippen LogP contribution in [-0.4, -0.2) is 99.5 Å². The molecule has 2 aliphatic rings. The predicted octanol–water partition coefficient (Wildman–Crippen LogP) is 12.5. The highest BCUT2D eigenvalue weighted by molar-refractivity contribution is 6.00. The number of fused-ring (bicyclic) bond motifs is 3. The third kappa shape index (κ3) is 13.0. The Bertz CT molecular complexity index is 3440. The van der Waals surface area contributed by atoms with Crippen LogP contribution >= 0.6 is 0 Å². The zero-order valence-corrected chi connectivity index (χ0v) is 46.8. The van der Waals surface area contributed by atoms with Gasteiger partial charge in [-0.25, -0.2) is 9.59 Å². The fourth-order valence-corrected chi connectivity index (χ4v) is 11.8. The van der Waals surface area contributed by atoms with E-state index in [1.807, 2.05) is 42.5 Å². The van der Waals surface area contributed by atoms with E-state index >= 15 is 0 Å². The number of urea groups is 2. The molecule has 2 aromatic heterocycles. The van der Waals surface area contributed by atoms with Gasteiger partial charge in [-0.3, -0.25) is 19.8 Å². The number of methoxy groups -OCH3 is 4. The van der Waals surface area contributed by atoms with Gasteiger partial charge in [0.25, 0.3) is 0 Å². The maximum absolute atomic E-state index is 13.0. The molecular formula is C68H70N8O6. The molecule has 14 heteroatoms. The minimum atomic E-state index is -0.243. The second-order valence-corrected chi connectivity index (χ2v) is 20.2. The Morgan fingerprint density at radius 3 is 1.57 bits per heavy atom. The molecule has 0 radical (unpaired) electrons. The van der Waals surface area contributed by atoms with Gasteiger partial charge in [0.2, 0.25) is 0 Å². The van der Waals surface area contributed by atoms with E-state index in [2.05, 4.69) is 174 Å². The lowest BCUT2D eigenvalue weighted by molar-refractivity contribution is 0.165. The van der Waals surface area contributed by atoms with Crippen LogP contribution in [0, 0.1) is 0 Å². The number of carbonyl (C=O) groups excluding carboxylic acids is 2. The Morgan fingerprint density at radius 1 is 0.512 bits per heavy atom. The van der Waals surface area contributed by atoms with Gasteiger partial charge in [-0.2, -0.15) is 0 Å². The van der Waals surface area contributed by atoms with Crippen molar-refractivity contribution < 1.29 is 28.5 Å². The third-order valence-corrected chi connectivity index (χ3v) is 15.5. The van der Waals surface area contributed by atoms with Gasteiger partial charge >= 0.3 is 12.1 Å². The number of nitrogens with one attached hydrogen (secondary N) is 4. The molecule has 4 N–H and O–H groups in total. The average Bonchev–Trinajstić information content (AvgIpc) is 3.62. The molecule has 82 heavy (non-hydrogen) atoms. The molecule has 418 valence electrons. The highest BCUT2D eigenvalue weighted by Gasteiger charge is 2.40. The lowest BCUT2D eigenvalue weighted by Gasteiger charge is -2.43. The Kier molecular flexibility index (Phi) is 18.6. The van der Waals surface area contributed by atoms with Gasteiger partial charge in [0, 0.05) is 104 Å². The molecule has 0 aliphatic carbocycles. The van der Waals surface area contributed by atoms with Crippen LogP contribution in [0.5, 0.6) is 23.0 Å². The van der Waals surface area contributed by atoms with Crippen LogP contribution in [-0.2, 0) is 12.8 Å². The summed E-state index contributed by atoms with van der Waals surface area (Å²) in [7, 11) is 6.81. The van der Waals surface area contributed by atoms with Crippen molar-refractivity contribution in [3.63, 3.8) is 0 Å². The molecule has 2 atom stereocenters. The molecule has 9 aromatic rings. The fraction of sp³-hybridized carbons (Fsp3) is 0.235. The predicted molar refractivity (Wildman–Crippen MR) is 325 cm³/mol. The first-order valence-electron chi connectivity index (χ1n) is 27.9. The fourth-order valence-electron chi connectivity index (χ4n) is 11.8. The van der Waals surface area contributed by atoms with Crippen molar-refractivity contribution in [2.24, 2.45) is 0 Å². The van der Waals surface area contributed by atoms with Crippen molar-refractivity contribution in [3.8, 4) is 23.0 Å². The van der Waals surface area contributed by atoms with E-state index in [1.165, 1.54) is 38.9 Å². The molecule has 0 spiro atoms. The van der Waals surface area contributed by atoms with E-state index in [-0.39, 0.29) is 36.0 Å². The summed E-state index contributed by atoms with van der Waals surface area (Å²) in [4.78, 5) is 39.0. The van der Waals surface area contributed by atoms with Crippen LogP contribution in [0.3, 0.4) is 0 Å². The van der Waals surface area contributed by atoms with Gasteiger partial charge in [-0.1, -0.05) is 140 Å². The number of para-hydroxylation sites is 1.